The van der Waals surface area contributed by atoms with Crippen molar-refractivity contribution in [3.8, 4) is 0 Å². The zero-order valence-corrected chi connectivity index (χ0v) is 18.8. The molecule has 0 aromatic heterocycles. The lowest BCUT2D eigenvalue weighted by Crippen LogP contribution is -2.56. The van der Waals surface area contributed by atoms with E-state index in [1.54, 1.807) is 17.0 Å². The first-order valence-electron chi connectivity index (χ1n) is 10.3. The molecule has 2 saturated heterocycles. The molecule has 0 unspecified atom stereocenters. The van der Waals surface area contributed by atoms with E-state index in [2.05, 4.69) is 0 Å². The van der Waals surface area contributed by atoms with Gasteiger partial charge in [0, 0.05) is 44.4 Å². The topological polar surface area (TPSA) is 66.9 Å². The number of piperazine rings is 1. The van der Waals surface area contributed by atoms with Crippen LogP contribution in [0.3, 0.4) is 0 Å². The molecule has 0 radical (unpaired) electrons. The number of nitrogens with zero attached hydrogens (tertiary/aromatic N) is 2. The van der Waals surface area contributed by atoms with E-state index in [1.807, 2.05) is 12.1 Å². The highest BCUT2D eigenvalue weighted by Gasteiger charge is 2.45. The maximum atomic E-state index is 14.1. The second kappa shape index (κ2) is 9.05. The summed E-state index contributed by atoms with van der Waals surface area (Å²) in [6, 6.07) is 9.54. The molecule has 0 bridgehead atoms. The summed E-state index contributed by atoms with van der Waals surface area (Å²) in [5, 5.41) is 0.576. The lowest BCUT2D eigenvalue weighted by Gasteiger charge is -2.42. The maximum Gasteiger partial charge on any atom is 0.246 e. The summed E-state index contributed by atoms with van der Waals surface area (Å²) in [4.78, 5) is 14.6. The van der Waals surface area contributed by atoms with Crippen LogP contribution in [0.4, 0.5) is 8.78 Å². The number of amides is 1. The van der Waals surface area contributed by atoms with E-state index in [9.17, 15) is 22.0 Å². The molecule has 1 amide bonds. The van der Waals surface area contributed by atoms with Crippen LogP contribution in [0.2, 0.25) is 5.02 Å². The Kier molecular flexibility index (Phi) is 6.53. The third-order valence-corrected chi connectivity index (χ3v) is 8.36. The van der Waals surface area contributed by atoms with Crippen LogP contribution >= 0.6 is 11.6 Å². The molecule has 2 aromatic carbocycles. The Morgan fingerprint density at radius 1 is 0.969 bits per heavy atom. The van der Waals surface area contributed by atoms with Gasteiger partial charge in [-0.25, -0.2) is 17.2 Å². The number of hydrogen-bond acceptors (Lipinski definition) is 4. The molecule has 4 rings (SSSR count). The highest BCUT2D eigenvalue weighted by molar-refractivity contribution is 7.89. The first kappa shape index (κ1) is 23.1. The molecular weight excluding hydrogens is 462 g/mol. The van der Waals surface area contributed by atoms with E-state index in [0.29, 0.717) is 37.1 Å². The standard InChI is InChI=1S/C22H23ClF2N2O4S/c23-17-3-1-16(2-4-17)22(7-13-31-14-8-22)21(28)26-9-11-27(12-10-26)32(29,30)20-15-18(24)5-6-19(20)25/h1-6,15H,7-14H2. The molecule has 2 heterocycles. The van der Waals surface area contributed by atoms with Crippen molar-refractivity contribution in [3.63, 3.8) is 0 Å². The molecule has 6 nitrogen and oxygen atoms in total. The van der Waals surface area contributed by atoms with Gasteiger partial charge in [0.1, 0.15) is 16.5 Å². The molecule has 0 N–H and O–H groups in total. The van der Waals surface area contributed by atoms with Gasteiger partial charge in [-0.15, -0.1) is 0 Å². The minimum absolute atomic E-state index is 0.00275. The van der Waals surface area contributed by atoms with Gasteiger partial charge in [0.25, 0.3) is 0 Å². The SMILES string of the molecule is O=C(N1CCN(S(=O)(=O)c2cc(F)ccc2F)CC1)C1(c2ccc(Cl)cc2)CCOCC1. The van der Waals surface area contributed by atoms with Gasteiger partial charge in [0.2, 0.25) is 15.9 Å². The number of hydrogen-bond donors (Lipinski definition) is 0. The van der Waals surface area contributed by atoms with Gasteiger partial charge < -0.3 is 9.64 Å². The fraction of sp³-hybridized carbons (Fsp3) is 0.409. The molecule has 2 aromatic rings. The summed E-state index contributed by atoms with van der Waals surface area (Å²) in [6.45, 7) is 1.20. The number of rotatable bonds is 4. The predicted molar refractivity (Wildman–Crippen MR) is 115 cm³/mol. The number of ether oxygens (including phenoxy) is 1. The van der Waals surface area contributed by atoms with Crippen molar-refractivity contribution in [1.82, 2.24) is 9.21 Å². The Morgan fingerprint density at radius 2 is 1.59 bits per heavy atom. The monoisotopic (exact) mass is 484 g/mol. The Hall–Kier alpha value is -2.07. The van der Waals surface area contributed by atoms with Gasteiger partial charge in [-0.05, 0) is 48.7 Å². The van der Waals surface area contributed by atoms with Crippen LogP contribution < -0.4 is 0 Å². The summed E-state index contributed by atoms with van der Waals surface area (Å²) in [7, 11) is -4.22. The molecule has 0 aliphatic carbocycles. The van der Waals surface area contributed by atoms with Crippen molar-refractivity contribution in [2.75, 3.05) is 39.4 Å². The smallest absolute Gasteiger partial charge is 0.246 e. The first-order valence-corrected chi connectivity index (χ1v) is 12.1. The molecule has 10 heteroatoms. The average Bonchev–Trinajstić information content (AvgIpc) is 2.81. The van der Waals surface area contributed by atoms with E-state index < -0.39 is 32.0 Å². The third kappa shape index (κ3) is 4.26. The van der Waals surface area contributed by atoms with Gasteiger partial charge in [0.05, 0.1) is 5.41 Å². The Bertz CT molecular complexity index is 1100. The van der Waals surface area contributed by atoms with Crippen molar-refractivity contribution in [1.29, 1.82) is 0 Å². The van der Waals surface area contributed by atoms with Crippen molar-refractivity contribution in [2.45, 2.75) is 23.2 Å². The number of sulfonamides is 1. The number of halogens is 3. The van der Waals surface area contributed by atoms with E-state index in [0.717, 1.165) is 22.0 Å². The predicted octanol–water partition coefficient (Wildman–Crippen LogP) is 3.20. The molecule has 172 valence electrons. The summed E-state index contributed by atoms with van der Waals surface area (Å²) >= 11 is 6.02. The molecule has 2 aliphatic rings. The van der Waals surface area contributed by atoms with Crippen LogP contribution in [-0.2, 0) is 25.0 Å². The highest BCUT2D eigenvalue weighted by Crippen LogP contribution is 2.38. The highest BCUT2D eigenvalue weighted by atomic mass is 35.5. The minimum Gasteiger partial charge on any atom is -0.381 e. The van der Waals surface area contributed by atoms with Crippen LogP contribution in [0, 0.1) is 11.6 Å². The van der Waals surface area contributed by atoms with Crippen LogP contribution in [0.1, 0.15) is 18.4 Å². The van der Waals surface area contributed by atoms with Crippen molar-refractivity contribution < 1.29 is 26.7 Å². The number of benzene rings is 2. The minimum atomic E-state index is -4.22. The van der Waals surface area contributed by atoms with Gasteiger partial charge in [-0.3, -0.25) is 4.79 Å². The molecule has 0 saturated carbocycles. The largest absolute Gasteiger partial charge is 0.381 e. The van der Waals surface area contributed by atoms with Crippen LogP contribution in [0.25, 0.3) is 0 Å². The quantitative estimate of drug-likeness (QED) is 0.668. The van der Waals surface area contributed by atoms with E-state index in [1.165, 1.54) is 0 Å². The van der Waals surface area contributed by atoms with Gasteiger partial charge in [0.15, 0.2) is 0 Å². The Balaban J connectivity index is 1.53. The van der Waals surface area contributed by atoms with Crippen molar-refractivity contribution in [2.24, 2.45) is 0 Å². The molecule has 2 aliphatic heterocycles. The molecule has 32 heavy (non-hydrogen) atoms. The molecule has 0 atom stereocenters. The fourth-order valence-electron chi connectivity index (χ4n) is 4.36. The Morgan fingerprint density at radius 3 is 2.22 bits per heavy atom. The van der Waals surface area contributed by atoms with Crippen LogP contribution in [0.15, 0.2) is 47.4 Å². The van der Waals surface area contributed by atoms with Crippen LogP contribution in [0.5, 0.6) is 0 Å². The van der Waals surface area contributed by atoms with E-state index >= 15 is 0 Å². The summed E-state index contributed by atoms with van der Waals surface area (Å²) < 4.78 is 59.9. The maximum absolute atomic E-state index is 14.1. The molecular formula is C22H23ClF2N2O4S. The zero-order valence-electron chi connectivity index (χ0n) is 17.3. The molecule has 0 spiro atoms. The first-order chi connectivity index (χ1) is 15.2. The second-order valence-electron chi connectivity index (χ2n) is 7.97. The number of carbonyl (C=O) groups excluding carboxylic acids is 1. The fourth-order valence-corrected chi connectivity index (χ4v) is 5.99. The zero-order chi connectivity index (χ0) is 22.9. The lowest BCUT2D eigenvalue weighted by molar-refractivity contribution is -0.142. The summed E-state index contributed by atoms with van der Waals surface area (Å²) in [5.74, 6) is -1.92. The van der Waals surface area contributed by atoms with Crippen molar-refractivity contribution in [3.05, 3.63) is 64.7 Å². The van der Waals surface area contributed by atoms with Gasteiger partial charge in [-0.2, -0.15) is 4.31 Å². The van der Waals surface area contributed by atoms with Gasteiger partial charge in [-0.1, -0.05) is 23.7 Å². The van der Waals surface area contributed by atoms with Gasteiger partial charge >= 0.3 is 0 Å². The average molecular weight is 485 g/mol. The van der Waals surface area contributed by atoms with E-state index in [-0.39, 0.29) is 32.1 Å². The van der Waals surface area contributed by atoms with E-state index in [4.69, 9.17) is 16.3 Å². The normalized spacial score (nSPS) is 19.7. The lowest BCUT2D eigenvalue weighted by atomic mass is 9.73. The third-order valence-electron chi connectivity index (χ3n) is 6.19. The van der Waals surface area contributed by atoms with Crippen molar-refractivity contribution >= 4 is 27.5 Å². The number of carbonyl (C=O) groups is 1. The second-order valence-corrected chi connectivity index (χ2v) is 10.3. The van der Waals surface area contributed by atoms with Crippen LogP contribution in [-0.4, -0.2) is 62.9 Å². The Labute approximate surface area is 190 Å². The summed E-state index contributed by atoms with van der Waals surface area (Å²) in [6.07, 6.45) is 1.03. The summed E-state index contributed by atoms with van der Waals surface area (Å²) in [5.41, 5.74) is 0.0885. The molecule has 2 fully saturated rings.